The molecule has 0 radical (unpaired) electrons. The number of primary amides is 1. The van der Waals surface area contributed by atoms with E-state index in [-0.39, 0.29) is 0 Å². The summed E-state index contributed by atoms with van der Waals surface area (Å²) in [7, 11) is 0. The highest BCUT2D eigenvalue weighted by Crippen LogP contribution is 2.32. The molecular weight excluding hydrogens is 254 g/mol. The number of nitrogens with two attached hydrogens (primary N) is 1. The third-order valence-corrected chi connectivity index (χ3v) is 3.45. The van der Waals surface area contributed by atoms with Gasteiger partial charge in [0.1, 0.15) is 22.7 Å². The molecule has 0 saturated heterocycles. The molecule has 0 aromatic heterocycles. The van der Waals surface area contributed by atoms with Crippen molar-refractivity contribution in [1.29, 1.82) is 0 Å². The van der Waals surface area contributed by atoms with Gasteiger partial charge in [-0.15, -0.1) is 0 Å². The quantitative estimate of drug-likeness (QED) is 0.870. The SMILES string of the molecule is Cc1cc(F)c(C(=O)NC2(C(N)=O)CCC2)c(F)c1. The van der Waals surface area contributed by atoms with Crippen molar-refractivity contribution < 1.29 is 18.4 Å². The maximum Gasteiger partial charge on any atom is 0.258 e. The van der Waals surface area contributed by atoms with E-state index in [2.05, 4.69) is 5.32 Å². The molecule has 0 unspecified atom stereocenters. The first kappa shape index (κ1) is 13.5. The standard InChI is InChI=1S/C13H14F2N2O2/c1-7-5-8(14)10(9(15)6-7)11(18)17-13(12(16)19)3-2-4-13/h5-6H,2-4H2,1H3,(H2,16,19)(H,17,18). The minimum absolute atomic E-state index is 0.375. The third kappa shape index (κ3) is 2.30. The topological polar surface area (TPSA) is 72.2 Å². The van der Waals surface area contributed by atoms with E-state index in [1.54, 1.807) is 0 Å². The van der Waals surface area contributed by atoms with E-state index in [9.17, 15) is 18.4 Å². The molecular formula is C13H14F2N2O2. The van der Waals surface area contributed by atoms with E-state index in [0.29, 0.717) is 18.4 Å². The van der Waals surface area contributed by atoms with Crippen molar-refractivity contribution in [1.82, 2.24) is 5.32 Å². The molecule has 1 aromatic rings. The molecule has 4 nitrogen and oxygen atoms in total. The summed E-state index contributed by atoms with van der Waals surface area (Å²) in [6.45, 7) is 1.52. The first-order valence-corrected chi connectivity index (χ1v) is 5.94. The summed E-state index contributed by atoms with van der Waals surface area (Å²) in [6, 6.07) is 2.13. The number of benzene rings is 1. The van der Waals surface area contributed by atoms with E-state index in [1.807, 2.05) is 0 Å². The highest BCUT2D eigenvalue weighted by molar-refractivity contribution is 5.99. The van der Waals surface area contributed by atoms with Gasteiger partial charge in [-0.2, -0.15) is 0 Å². The smallest absolute Gasteiger partial charge is 0.258 e. The molecule has 1 aromatic carbocycles. The monoisotopic (exact) mass is 268 g/mol. The van der Waals surface area contributed by atoms with Gasteiger partial charge in [0.15, 0.2) is 0 Å². The van der Waals surface area contributed by atoms with Gasteiger partial charge in [-0.1, -0.05) is 0 Å². The van der Waals surface area contributed by atoms with Crippen LogP contribution in [0.1, 0.15) is 35.2 Å². The number of aryl methyl sites for hydroxylation is 1. The molecule has 0 spiro atoms. The molecule has 102 valence electrons. The lowest BCUT2D eigenvalue weighted by Crippen LogP contribution is -2.61. The zero-order valence-corrected chi connectivity index (χ0v) is 10.4. The van der Waals surface area contributed by atoms with Crippen molar-refractivity contribution in [3.8, 4) is 0 Å². The Morgan fingerprint density at radius 2 is 1.79 bits per heavy atom. The number of halogens is 2. The molecule has 1 aliphatic carbocycles. The minimum atomic E-state index is -1.17. The largest absolute Gasteiger partial charge is 0.368 e. The Morgan fingerprint density at radius 1 is 1.26 bits per heavy atom. The fourth-order valence-corrected chi connectivity index (χ4v) is 2.16. The summed E-state index contributed by atoms with van der Waals surface area (Å²) in [5.41, 5.74) is 3.74. The van der Waals surface area contributed by atoms with E-state index < -0.39 is 34.6 Å². The van der Waals surface area contributed by atoms with Crippen LogP contribution in [-0.2, 0) is 4.79 Å². The van der Waals surface area contributed by atoms with Gasteiger partial charge in [-0.3, -0.25) is 9.59 Å². The van der Waals surface area contributed by atoms with E-state index in [4.69, 9.17) is 5.73 Å². The molecule has 2 amide bonds. The van der Waals surface area contributed by atoms with Crippen LogP contribution >= 0.6 is 0 Å². The van der Waals surface area contributed by atoms with Crippen molar-refractivity contribution in [2.24, 2.45) is 5.73 Å². The van der Waals surface area contributed by atoms with Gasteiger partial charge in [0.2, 0.25) is 5.91 Å². The number of amides is 2. The predicted octanol–water partition coefficient (Wildman–Crippen LogP) is 1.41. The van der Waals surface area contributed by atoms with Crippen LogP contribution in [0.4, 0.5) is 8.78 Å². The average molecular weight is 268 g/mol. The lowest BCUT2D eigenvalue weighted by molar-refractivity contribution is -0.127. The summed E-state index contributed by atoms with van der Waals surface area (Å²) in [5.74, 6) is -3.53. The second-order valence-corrected chi connectivity index (χ2v) is 4.86. The van der Waals surface area contributed by atoms with Crippen molar-refractivity contribution >= 4 is 11.8 Å². The highest BCUT2D eigenvalue weighted by atomic mass is 19.1. The molecule has 1 saturated carbocycles. The average Bonchev–Trinajstić information content (AvgIpc) is 2.21. The minimum Gasteiger partial charge on any atom is -0.368 e. The zero-order chi connectivity index (χ0) is 14.2. The van der Waals surface area contributed by atoms with Crippen molar-refractivity contribution in [3.63, 3.8) is 0 Å². The van der Waals surface area contributed by atoms with Crippen LogP contribution in [0.2, 0.25) is 0 Å². The summed E-state index contributed by atoms with van der Waals surface area (Å²) < 4.78 is 27.3. The Hall–Kier alpha value is -1.98. The van der Waals surface area contributed by atoms with Crippen LogP contribution in [0.5, 0.6) is 0 Å². The molecule has 1 aliphatic rings. The molecule has 0 bridgehead atoms. The number of nitrogens with one attached hydrogen (secondary N) is 1. The van der Waals surface area contributed by atoms with Crippen molar-refractivity contribution in [2.75, 3.05) is 0 Å². The van der Waals surface area contributed by atoms with Crippen molar-refractivity contribution in [3.05, 3.63) is 34.9 Å². The Kier molecular flexibility index (Phi) is 3.26. The number of carbonyl (C=O) groups excluding carboxylic acids is 2. The predicted molar refractivity (Wildman–Crippen MR) is 64.3 cm³/mol. The molecule has 0 heterocycles. The molecule has 0 atom stereocenters. The van der Waals surface area contributed by atoms with Crippen LogP contribution in [-0.4, -0.2) is 17.4 Å². The van der Waals surface area contributed by atoms with Gasteiger partial charge < -0.3 is 11.1 Å². The van der Waals surface area contributed by atoms with Crippen LogP contribution in [0.3, 0.4) is 0 Å². The van der Waals surface area contributed by atoms with Crippen LogP contribution < -0.4 is 11.1 Å². The van der Waals surface area contributed by atoms with Gasteiger partial charge >= 0.3 is 0 Å². The molecule has 1 fully saturated rings. The number of rotatable bonds is 3. The van der Waals surface area contributed by atoms with Crippen LogP contribution in [0.25, 0.3) is 0 Å². The second-order valence-electron chi connectivity index (χ2n) is 4.86. The first-order valence-electron chi connectivity index (χ1n) is 5.94. The summed E-state index contributed by atoms with van der Waals surface area (Å²) in [5, 5.41) is 2.35. The number of carbonyl (C=O) groups is 2. The van der Waals surface area contributed by atoms with Crippen molar-refractivity contribution in [2.45, 2.75) is 31.7 Å². The van der Waals surface area contributed by atoms with Gasteiger partial charge in [0, 0.05) is 0 Å². The fourth-order valence-electron chi connectivity index (χ4n) is 2.16. The highest BCUT2D eigenvalue weighted by Gasteiger charge is 2.44. The lowest BCUT2D eigenvalue weighted by atomic mass is 9.76. The van der Waals surface area contributed by atoms with Gasteiger partial charge in [0.05, 0.1) is 0 Å². The summed E-state index contributed by atoms with van der Waals surface area (Å²) in [4.78, 5) is 23.2. The van der Waals surface area contributed by atoms with E-state index in [1.165, 1.54) is 6.92 Å². The van der Waals surface area contributed by atoms with E-state index in [0.717, 1.165) is 18.6 Å². The van der Waals surface area contributed by atoms with Gasteiger partial charge in [-0.05, 0) is 43.9 Å². The number of hydrogen-bond acceptors (Lipinski definition) is 2. The maximum absolute atomic E-state index is 13.6. The Morgan fingerprint density at radius 3 is 2.16 bits per heavy atom. The lowest BCUT2D eigenvalue weighted by Gasteiger charge is -2.39. The van der Waals surface area contributed by atoms with Crippen LogP contribution in [0.15, 0.2) is 12.1 Å². The normalized spacial score (nSPS) is 16.6. The third-order valence-electron chi connectivity index (χ3n) is 3.45. The number of hydrogen-bond donors (Lipinski definition) is 2. The zero-order valence-electron chi connectivity index (χ0n) is 10.4. The molecule has 19 heavy (non-hydrogen) atoms. The molecule has 2 rings (SSSR count). The molecule has 6 heteroatoms. The van der Waals surface area contributed by atoms with Crippen LogP contribution in [0, 0.1) is 18.6 Å². The molecule has 3 N–H and O–H groups in total. The fraction of sp³-hybridized carbons (Fsp3) is 0.385. The first-order chi connectivity index (χ1) is 8.85. The Balaban J connectivity index is 2.28. The summed E-state index contributed by atoms with van der Waals surface area (Å²) in [6.07, 6.45) is 1.52. The second kappa shape index (κ2) is 4.60. The summed E-state index contributed by atoms with van der Waals surface area (Å²) >= 11 is 0. The van der Waals surface area contributed by atoms with Gasteiger partial charge in [0.25, 0.3) is 5.91 Å². The molecule has 0 aliphatic heterocycles. The Bertz CT molecular complexity index is 531. The van der Waals surface area contributed by atoms with E-state index >= 15 is 0 Å². The van der Waals surface area contributed by atoms with Gasteiger partial charge in [-0.25, -0.2) is 8.78 Å². The maximum atomic E-state index is 13.6. The Labute approximate surface area is 109 Å².